The van der Waals surface area contributed by atoms with Gasteiger partial charge in [-0.1, -0.05) is 30.3 Å². The number of aryl methyl sites for hydroxylation is 2. The van der Waals surface area contributed by atoms with Crippen LogP contribution in [0.2, 0.25) is 0 Å². The summed E-state index contributed by atoms with van der Waals surface area (Å²) in [6.45, 7) is 8.93. The minimum absolute atomic E-state index is 0.0586. The van der Waals surface area contributed by atoms with Crippen molar-refractivity contribution in [2.45, 2.75) is 56.4 Å². The Bertz CT molecular complexity index is 1310. The zero-order valence-electron chi connectivity index (χ0n) is 27.5. The number of nitrogens with zero attached hydrogens (tertiary/aromatic N) is 4. The first-order chi connectivity index (χ1) is 20.9. The van der Waals surface area contributed by atoms with Crippen LogP contribution in [0, 0.1) is 19.8 Å². The lowest BCUT2D eigenvalue weighted by molar-refractivity contribution is -0.135. The normalized spacial score (nSPS) is 21.8. The fourth-order valence-electron chi connectivity index (χ4n) is 6.92. The molecule has 244 valence electrons. The molecule has 4 rings (SSSR count). The SMILES string of the molecule is COc1cc(C)c(S(=O)(=O)N(C)CCOCC(=O)N(C)CC2CCC(Cc3ccccc3)(N3CCN(C)CC3)CC2)c(C)c1. The van der Waals surface area contributed by atoms with Crippen molar-refractivity contribution in [3.8, 4) is 5.75 Å². The second-order valence-corrected chi connectivity index (χ2v) is 14.8. The quantitative estimate of drug-likeness (QED) is 0.312. The van der Waals surface area contributed by atoms with E-state index in [1.807, 2.05) is 7.05 Å². The van der Waals surface area contributed by atoms with Crippen LogP contribution in [0.25, 0.3) is 0 Å². The second-order valence-electron chi connectivity index (χ2n) is 12.9. The zero-order chi connectivity index (χ0) is 31.9. The van der Waals surface area contributed by atoms with E-state index < -0.39 is 10.0 Å². The van der Waals surface area contributed by atoms with Crippen molar-refractivity contribution < 1.29 is 22.7 Å². The van der Waals surface area contributed by atoms with Gasteiger partial charge in [-0.3, -0.25) is 9.69 Å². The van der Waals surface area contributed by atoms with E-state index in [0.29, 0.717) is 22.8 Å². The Hall–Kier alpha value is -2.50. The van der Waals surface area contributed by atoms with Crippen molar-refractivity contribution in [3.63, 3.8) is 0 Å². The van der Waals surface area contributed by atoms with Gasteiger partial charge in [0.15, 0.2) is 0 Å². The molecule has 0 radical (unpaired) electrons. The highest BCUT2D eigenvalue weighted by Gasteiger charge is 2.41. The average molecular weight is 629 g/mol. The van der Waals surface area contributed by atoms with Gasteiger partial charge in [0.2, 0.25) is 15.9 Å². The van der Waals surface area contributed by atoms with Crippen LogP contribution in [0.3, 0.4) is 0 Å². The van der Waals surface area contributed by atoms with Crippen molar-refractivity contribution in [2.24, 2.45) is 5.92 Å². The molecule has 44 heavy (non-hydrogen) atoms. The molecule has 0 N–H and O–H groups in total. The predicted octanol–water partition coefficient (Wildman–Crippen LogP) is 3.83. The lowest BCUT2D eigenvalue weighted by atomic mass is 9.72. The molecule has 1 amide bonds. The number of ether oxygens (including phenoxy) is 2. The van der Waals surface area contributed by atoms with Gasteiger partial charge in [0.05, 0.1) is 18.6 Å². The number of carbonyl (C=O) groups excluding carboxylic acids is 1. The standard InChI is InChI=1S/C34H52N4O5S/c1-27-22-31(42-6)23-28(2)33(27)44(40,41)37(5)20-21-43-26-32(39)36(4)25-30-12-14-34(15-13-30,24-29-10-8-7-9-11-29)38-18-16-35(3)17-19-38/h7-11,22-23,30H,12-21,24-26H2,1-6H3. The maximum atomic E-state index is 13.2. The largest absolute Gasteiger partial charge is 0.497 e. The summed E-state index contributed by atoms with van der Waals surface area (Å²) >= 11 is 0. The molecular formula is C34H52N4O5S. The molecule has 1 heterocycles. The highest BCUT2D eigenvalue weighted by atomic mass is 32.2. The van der Waals surface area contributed by atoms with Crippen LogP contribution in [-0.4, -0.2) is 120 Å². The van der Waals surface area contributed by atoms with Crippen LogP contribution in [-0.2, 0) is 26.0 Å². The summed E-state index contributed by atoms with van der Waals surface area (Å²) in [6, 6.07) is 14.3. The Labute approximate surface area is 265 Å². The molecule has 2 aliphatic rings. The van der Waals surface area contributed by atoms with Crippen molar-refractivity contribution >= 4 is 15.9 Å². The predicted molar refractivity (Wildman–Crippen MR) is 175 cm³/mol. The number of carbonyl (C=O) groups is 1. The Morgan fingerprint density at radius 3 is 2.20 bits per heavy atom. The molecule has 0 bridgehead atoms. The number of hydrogen-bond acceptors (Lipinski definition) is 7. The molecule has 1 saturated heterocycles. The lowest BCUT2D eigenvalue weighted by Crippen LogP contribution is -2.59. The molecule has 0 unspecified atom stereocenters. The van der Waals surface area contributed by atoms with E-state index in [1.54, 1.807) is 45.0 Å². The summed E-state index contributed by atoms with van der Waals surface area (Å²) < 4.78 is 38.7. The van der Waals surface area contributed by atoms with Gasteiger partial charge in [0, 0.05) is 58.9 Å². The fraction of sp³-hybridized carbons (Fsp3) is 0.618. The molecule has 2 aromatic rings. The monoisotopic (exact) mass is 628 g/mol. The van der Waals surface area contributed by atoms with Gasteiger partial charge in [-0.25, -0.2) is 8.42 Å². The average Bonchev–Trinajstić information content (AvgIpc) is 3.00. The van der Waals surface area contributed by atoms with E-state index >= 15 is 0 Å². The third-order valence-electron chi connectivity index (χ3n) is 9.66. The molecule has 9 nitrogen and oxygen atoms in total. The number of hydrogen-bond donors (Lipinski definition) is 0. The zero-order valence-corrected chi connectivity index (χ0v) is 28.4. The van der Waals surface area contributed by atoms with Gasteiger partial charge < -0.3 is 19.3 Å². The maximum absolute atomic E-state index is 13.2. The number of sulfonamides is 1. The van der Waals surface area contributed by atoms with Gasteiger partial charge in [-0.2, -0.15) is 4.31 Å². The highest BCUT2D eigenvalue weighted by Crippen LogP contribution is 2.40. The second kappa shape index (κ2) is 15.2. The molecule has 2 fully saturated rings. The smallest absolute Gasteiger partial charge is 0.248 e. The van der Waals surface area contributed by atoms with Gasteiger partial charge in [0.25, 0.3) is 0 Å². The van der Waals surface area contributed by atoms with Gasteiger partial charge >= 0.3 is 0 Å². The number of amides is 1. The van der Waals surface area contributed by atoms with Crippen LogP contribution in [0.5, 0.6) is 5.75 Å². The van der Waals surface area contributed by atoms with E-state index in [9.17, 15) is 13.2 Å². The van der Waals surface area contributed by atoms with Gasteiger partial charge in [-0.05, 0) is 87.7 Å². The van der Waals surface area contributed by atoms with Crippen molar-refractivity contribution in [2.75, 3.05) is 80.7 Å². The Kier molecular flexibility index (Phi) is 11.9. The van der Waals surface area contributed by atoms with Crippen LogP contribution in [0.1, 0.15) is 42.4 Å². The molecule has 1 aliphatic heterocycles. The van der Waals surface area contributed by atoms with Crippen molar-refractivity contribution in [3.05, 3.63) is 59.2 Å². The molecular weight excluding hydrogens is 576 g/mol. The molecule has 1 saturated carbocycles. The van der Waals surface area contributed by atoms with Crippen LogP contribution in [0.15, 0.2) is 47.4 Å². The molecule has 0 spiro atoms. The summed E-state index contributed by atoms with van der Waals surface area (Å²) in [5.41, 5.74) is 2.85. The minimum atomic E-state index is -3.71. The first-order valence-corrected chi connectivity index (χ1v) is 17.3. The van der Waals surface area contributed by atoms with E-state index in [0.717, 1.165) is 64.8 Å². The van der Waals surface area contributed by atoms with Gasteiger partial charge in [0.1, 0.15) is 12.4 Å². The molecule has 2 aromatic carbocycles. The van der Waals surface area contributed by atoms with E-state index in [4.69, 9.17) is 9.47 Å². The summed E-state index contributed by atoms with van der Waals surface area (Å²) in [5.74, 6) is 1.02. The molecule has 0 aromatic heterocycles. The third kappa shape index (κ3) is 8.40. The minimum Gasteiger partial charge on any atom is -0.497 e. The van der Waals surface area contributed by atoms with Crippen LogP contribution >= 0.6 is 0 Å². The summed E-state index contributed by atoms with van der Waals surface area (Å²) in [4.78, 5) is 20.2. The molecule has 0 atom stereocenters. The summed E-state index contributed by atoms with van der Waals surface area (Å²) in [6.07, 6.45) is 5.56. The van der Waals surface area contributed by atoms with Crippen LogP contribution in [0.4, 0.5) is 0 Å². The number of methoxy groups -OCH3 is 1. The summed E-state index contributed by atoms with van der Waals surface area (Å²) in [7, 11) is 3.46. The topological polar surface area (TPSA) is 82.6 Å². The van der Waals surface area contributed by atoms with E-state index in [2.05, 4.69) is 47.2 Å². The highest BCUT2D eigenvalue weighted by molar-refractivity contribution is 7.89. The summed E-state index contributed by atoms with van der Waals surface area (Å²) in [5, 5.41) is 0. The number of piperazine rings is 1. The lowest BCUT2D eigenvalue weighted by Gasteiger charge is -2.51. The first-order valence-electron chi connectivity index (χ1n) is 15.9. The Morgan fingerprint density at radius 1 is 1.00 bits per heavy atom. The van der Waals surface area contributed by atoms with Crippen molar-refractivity contribution in [1.29, 1.82) is 0 Å². The van der Waals surface area contributed by atoms with Gasteiger partial charge in [-0.15, -0.1) is 0 Å². The van der Waals surface area contributed by atoms with Crippen LogP contribution < -0.4 is 4.74 Å². The maximum Gasteiger partial charge on any atom is 0.248 e. The van der Waals surface area contributed by atoms with Crippen molar-refractivity contribution in [1.82, 2.24) is 19.0 Å². The number of rotatable bonds is 13. The Morgan fingerprint density at radius 2 is 1.61 bits per heavy atom. The fourth-order valence-corrected chi connectivity index (χ4v) is 8.48. The third-order valence-corrected chi connectivity index (χ3v) is 11.8. The Balaban J connectivity index is 1.24. The molecule has 1 aliphatic carbocycles. The number of benzene rings is 2. The van der Waals surface area contributed by atoms with E-state index in [-0.39, 0.29) is 36.1 Å². The molecule has 10 heteroatoms. The number of likely N-dealkylation sites (N-methyl/N-ethyl adjacent to an activating group) is 3. The van der Waals surface area contributed by atoms with E-state index in [1.165, 1.54) is 9.87 Å². The first kappa shape index (κ1) is 34.4.